The van der Waals surface area contributed by atoms with Crippen molar-refractivity contribution in [3.05, 3.63) is 71.4 Å². The number of H-pyrrole nitrogens is 1. The van der Waals surface area contributed by atoms with Crippen LogP contribution in [-0.2, 0) is 14.9 Å². The minimum absolute atomic E-state index is 0.00871. The predicted molar refractivity (Wildman–Crippen MR) is 135 cm³/mol. The summed E-state index contributed by atoms with van der Waals surface area (Å²) >= 11 is 0. The molecule has 0 saturated carbocycles. The number of benzene rings is 2. The van der Waals surface area contributed by atoms with Crippen molar-refractivity contribution in [2.75, 3.05) is 39.4 Å². The third-order valence-corrected chi connectivity index (χ3v) is 6.64. The van der Waals surface area contributed by atoms with Gasteiger partial charge in [0.25, 0.3) is 0 Å². The number of morpholine rings is 1. The first kappa shape index (κ1) is 23.5. The SMILES string of the molecule is CC(C)(C)c1ccc(C(CC(=O)NCCCN2CCOCC2)c2c[nH]c3ccccc23)cc1. The van der Waals surface area contributed by atoms with E-state index < -0.39 is 0 Å². The smallest absolute Gasteiger partial charge is 0.220 e. The van der Waals surface area contributed by atoms with Gasteiger partial charge in [-0.25, -0.2) is 0 Å². The van der Waals surface area contributed by atoms with Crippen LogP contribution in [0, 0.1) is 0 Å². The Kier molecular flexibility index (Phi) is 7.51. The maximum Gasteiger partial charge on any atom is 0.220 e. The van der Waals surface area contributed by atoms with E-state index in [0.717, 1.165) is 44.8 Å². The molecular formula is C28H37N3O2. The van der Waals surface area contributed by atoms with E-state index in [2.05, 4.69) is 84.6 Å². The van der Waals surface area contributed by atoms with Crippen molar-refractivity contribution >= 4 is 16.8 Å². The highest BCUT2D eigenvalue weighted by molar-refractivity contribution is 5.86. The van der Waals surface area contributed by atoms with Gasteiger partial charge in [0, 0.05) is 49.1 Å². The van der Waals surface area contributed by atoms with Gasteiger partial charge in [0.2, 0.25) is 5.91 Å². The molecule has 0 radical (unpaired) electrons. The van der Waals surface area contributed by atoms with Crippen LogP contribution >= 0.6 is 0 Å². The summed E-state index contributed by atoms with van der Waals surface area (Å²) < 4.78 is 5.41. The number of carbonyl (C=O) groups is 1. The van der Waals surface area contributed by atoms with Crippen molar-refractivity contribution in [1.82, 2.24) is 15.2 Å². The van der Waals surface area contributed by atoms with Gasteiger partial charge in [-0.1, -0.05) is 63.2 Å². The molecule has 1 aliphatic heterocycles. The van der Waals surface area contributed by atoms with Crippen LogP contribution in [0.5, 0.6) is 0 Å². The lowest BCUT2D eigenvalue weighted by Crippen LogP contribution is -2.38. The van der Waals surface area contributed by atoms with Crippen LogP contribution in [0.2, 0.25) is 0 Å². The molecule has 1 aliphatic rings. The Balaban J connectivity index is 1.46. The number of aromatic amines is 1. The number of carbonyl (C=O) groups excluding carboxylic acids is 1. The zero-order valence-corrected chi connectivity index (χ0v) is 20.2. The number of fused-ring (bicyclic) bond motifs is 1. The molecule has 33 heavy (non-hydrogen) atoms. The number of nitrogens with zero attached hydrogens (tertiary/aromatic N) is 1. The van der Waals surface area contributed by atoms with Gasteiger partial charge in [-0.3, -0.25) is 9.69 Å². The summed E-state index contributed by atoms with van der Waals surface area (Å²) in [5, 5.41) is 4.34. The number of aromatic nitrogens is 1. The van der Waals surface area contributed by atoms with E-state index >= 15 is 0 Å². The standard InChI is InChI=1S/C28H37N3O2/c1-28(2,3)22-11-9-21(10-12-22)24(25-20-30-26-8-5-4-7-23(25)26)19-27(32)29-13-6-14-31-15-17-33-18-16-31/h4-5,7-12,20,24,30H,6,13-19H2,1-3H3,(H,29,32). The maximum atomic E-state index is 13.0. The summed E-state index contributed by atoms with van der Waals surface area (Å²) in [6.45, 7) is 12.0. The van der Waals surface area contributed by atoms with Crippen molar-refractivity contribution in [3.8, 4) is 0 Å². The van der Waals surface area contributed by atoms with Gasteiger partial charge in [-0.15, -0.1) is 0 Å². The van der Waals surface area contributed by atoms with Gasteiger partial charge in [-0.05, 0) is 41.1 Å². The fourth-order valence-corrected chi connectivity index (χ4v) is 4.62. The van der Waals surface area contributed by atoms with Crippen LogP contribution in [0.25, 0.3) is 10.9 Å². The highest BCUT2D eigenvalue weighted by Crippen LogP contribution is 2.34. The number of hydrogen-bond acceptors (Lipinski definition) is 3. The van der Waals surface area contributed by atoms with Crippen molar-refractivity contribution in [1.29, 1.82) is 0 Å². The first-order valence-electron chi connectivity index (χ1n) is 12.1. The fraction of sp³-hybridized carbons (Fsp3) is 0.464. The van der Waals surface area contributed by atoms with Crippen molar-refractivity contribution in [3.63, 3.8) is 0 Å². The van der Waals surface area contributed by atoms with Gasteiger partial charge >= 0.3 is 0 Å². The summed E-state index contributed by atoms with van der Waals surface area (Å²) in [5.74, 6) is 0.113. The number of ether oxygens (including phenoxy) is 1. The van der Waals surface area contributed by atoms with E-state index in [9.17, 15) is 4.79 Å². The lowest BCUT2D eigenvalue weighted by Gasteiger charge is -2.26. The van der Waals surface area contributed by atoms with Gasteiger partial charge in [0.15, 0.2) is 0 Å². The molecule has 1 saturated heterocycles. The molecule has 5 nitrogen and oxygen atoms in total. The Morgan fingerprint density at radius 1 is 1.09 bits per heavy atom. The fourth-order valence-electron chi connectivity index (χ4n) is 4.62. The zero-order chi connectivity index (χ0) is 23.3. The van der Waals surface area contributed by atoms with E-state index in [0.29, 0.717) is 13.0 Å². The molecule has 0 spiro atoms. The normalized spacial score (nSPS) is 16.1. The van der Waals surface area contributed by atoms with Crippen LogP contribution in [0.4, 0.5) is 0 Å². The number of rotatable bonds is 8. The molecule has 1 fully saturated rings. The van der Waals surface area contributed by atoms with Gasteiger partial charge in [-0.2, -0.15) is 0 Å². The molecular weight excluding hydrogens is 410 g/mol. The molecule has 2 heterocycles. The minimum atomic E-state index is 0.00871. The van der Waals surface area contributed by atoms with E-state index in [1.54, 1.807) is 0 Å². The van der Waals surface area contributed by atoms with Crippen LogP contribution in [-0.4, -0.2) is 55.2 Å². The summed E-state index contributed by atoms with van der Waals surface area (Å²) in [6, 6.07) is 17.1. The Labute approximate surface area is 197 Å². The molecule has 0 aliphatic carbocycles. The van der Waals surface area contributed by atoms with Gasteiger partial charge in [0.1, 0.15) is 0 Å². The van der Waals surface area contributed by atoms with Crippen LogP contribution in [0.15, 0.2) is 54.7 Å². The van der Waals surface area contributed by atoms with E-state index in [1.165, 1.54) is 22.1 Å². The first-order chi connectivity index (χ1) is 15.9. The van der Waals surface area contributed by atoms with E-state index in [4.69, 9.17) is 4.74 Å². The van der Waals surface area contributed by atoms with Crippen LogP contribution in [0.3, 0.4) is 0 Å². The Hall–Kier alpha value is -2.63. The number of para-hydroxylation sites is 1. The quantitative estimate of drug-likeness (QED) is 0.487. The average Bonchev–Trinajstić information content (AvgIpc) is 3.24. The average molecular weight is 448 g/mol. The van der Waals surface area contributed by atoms with Gasteiger partial charge in [0.05, 0.1) is 13.2 Å². The second-order valence-electron chi connectivity index (χ2n) is 10.1. The maximum absolute atomic E-state index is 13.0. The molecule has 1 amide bonds. The molecule has 3 aromatic rings. The molecule has 1 atom stereocenters. The molecule has 2 N–H and O–H groups in total. The summed E-state index contributed by atoms with van der Waals surface area (Å²) in [5.41, 5.74) is 4.87. The Morgan fingerprint density at radius 2 is 1.82 bits per heavy atom. The lowest BCUT2D eigenvalue weighted by atomic mass is 9.83. The monoisotopic (exact) mass is 447 g/mol. The summed E-state index contributed by atoms with van der Waals surface area (Å²) in [6.07, 6.45) is 3.47. The highest BCUT2D eigenvalue weighted by atomic mass is 16.5. The topological polar surface area (TPSA) is 57.4 Å². The first-order valence-corrected chi connectivity index (χ1v) is 12.1. The van der Waals surface area contributed by atoms with Crippen LogP contribution < -0.4 is 5.32 Å². The lowest BCUT2D eigenvalue weighted by molar-refractivity contribution is -0.121. The molecule has 5 heteroatoms. The van der Waals surface area contributed by atoms with Crippen molar-refractivity contribution in [2.24, 2.45) is 0 Å². The third-order valence-electron chi connectivity index (χ3n) is 6.64. The van der Waals surface area contributed by atoms with E-state index in [1.807, 2.05) is 6.07 Å². The molecule has 2 aromatic carbocycles. The Bertz CT molecular complexity index is 1040. The minimum Gasteiger partial charge on any atom is -0.379 e. The number of hydrogen-bond donors (Lipinski definition) is 2. The third kappa shape index (κ3) is 6.04. The highest BCUT2D eigenvalue weighted by Gasteiger charge is 2.22. The van der Waals surface area contributed by atoms with Crippen LogP contribution in [0.1, 0.15) is 56.2 Å². The summed E-state index contributed by atoms with van der Waals surface area (Å²) in [4.78, 5) is 18.8. The van der Waals surface area contributed by atoms with Crippen molar-refractivity contribution < 1.29 is 9.53 Å². The summed E-state index contributed by atoms with van der Waals surface area (Å²) in [7, 11) is 0. The second kappa shape index (κ2) is 10.5. The Morgan fingerprint density at radius 3 is 2.55 bits per heavy atom. The molecule has 0 bridgehead atoms. The molecule has 4 rings (SSSR count). The predicted octanol–water partition coefficient (Wildman–Crippen LogP) is 4.83. The number of amides is 1. The molecule has 1 unspecified atom stereocenters. The second-order valence-corrected chi connectivity index (χ2v) is 10.1. The van der Waals surface area contributed by atoms with Crippen molar-refractivity contribution in [2.45, 2.75) is 44.9 Å². The van der Waals surface area contributed by atoms with Gasteiger partial charge < -0.3 is 15.0 Å². The largest absolute Gasteiger partial charge is 0.379 e. The molecule has 1 aromatic heterocycles. The zero-order valence-electron chi connectivity index (χ0n) is 20.2. The number of nitrogens with one attached hydrogen (secondary N) is 2. The molecule has 176 valence electrons. The van der Waals surface area contributed by atoms with E-state index in [-0.39, 0.29) is 17.2 Å².